The molecule has 0 unspecified atom stereocenters. The van der Waals surface area contributed by atoms with Crippen LogP contribution in [0.1, 0.15) is 36.0 Å². The first-order valence-corrected chi connectivity index (χ1v) is 12.6. The predicted molar refractivity (Wildman–Crippen MR) is 123 cm³/mol. The maximum Gasteiger partial charge on any atom is 0.243 e. The van der Waals surface area contributed by atoms with Gasteiger partial charge in [-0.05, 0) is 56.0 Å². The summed E-state index contributed by atoms with van der Waals surface area (Å²) in [6, 6.07) is 13.6. The quantitative estimate of drug-likeness (QED) is 0.570. The second kappa shape index (κ2) is 8.88. The van der Waals surface area contributed by atoms with Crippen LogP contribution in [0.25, 0.3) is 11.3 Å². The summed E-state index contributed by atoms with van der Waals surface area (Å²) < 4.78 is 27.1. The molecule has 0 atom stereocenters. The molecular formula is C23H27N3O2S2. The van der Waals surface area contributed by atoms with Crippen molar-refractivity contribution in [3.63, 3.8) is 0 Å². The summed E-state index contributed by atoms with van der Waals surface area (Å²) in [4.78, 5) is 5.09. The van der Waals surface area contributed by atoms with Crippen LogP contribution in [0.2, 0.25) is 0 Å². The Hall–Kier alpha value is -2.22. The van der Waals surface area contributed by atoms with Crippen molar-refractivity contribution in [3.8, 4) is 11.3 Å². The standard InChI is InChI=1S/C23H27N3O2S2/c1-17-6-7-18(2)21(14-17)22-16-29-23(25-22)24-15-19-8-10-20(11-9-19)30(27,28)26-12-4-3-5-13-26/h6-11,14,16H,3-5,12-13,15H2,1-2H3,(H,24,25). The number of aromatic nitrogens is 1. The van der Waals surface area contributed by atoms with Crippen LogP contribution in [-0.4, -0.2) is 30.8 Å². The molecule has 2 heterocycles. The number of nitrogens with one attached hydrogen (secondary N) is 1. The number of aryl methyl sites for hydroxylation is 2. The number of hydrogen-bond donors (Lipinski definition) is 1. The first kappa shape index (κ1) is 21.0. The first-order valence-electron chi connectivity index (χ1n) is 10.3. The third kappa shape index (κ3) is 4.58. The zero-order valence-corrected chi connectivity index (χ0v) is 19.0. The average molecular weight is 442 g/mol. The minimum absolute atomic E-state index is 0.375. The fourth-order valence-electron chi connectivity index (χ4n) is 3.70. The molecule has 1 N–H and O–H groups in total. The lowest BCUT2D eigenvalue weighted by atomic mass is 10.0. The topological polar surface area (TPSA) is 62.3 Å². The van der Waals surface area contributed by atoms with Crippen molar-refractivity contribution in [1.82, 2.24) is 9.29 Å². The second-order valence-corrected chi connectivity index (χ2v) is 10.6. The average Bonchev–Trinajstić information content (AvgIpc) is 3.24. The van der Waals surface area contributed by atoms with Crippen molar-refractivity contribution >= 4 is 26.5 Å². The molecule has 4 rings (SSSR count). The van der Waals surface area contributed by atoms with Crippen LogP contribution in [0.15, 0.2) is 52.7 Å². The monoisotopic (exact) mass is 441 g/mol. The van der Waals surface area contributed by atoms with Gasteiger partial charge in [0.25, 0.3) is 0 Å². The van der Waals surface area contributed by atoms with E-state index in [1.807, 2.05) is 12.1 Å². The zero-order chi connectivity index (χ0) is 21.1. The lowest BCUT2D eigenvalue weighted by Crippen LogP contribution is -2.35. The Morgan fingerprint density at radius 1 is 1.03 bits per heavy atom. The number of piperidine rings is 1. The Morgan fingerprint density at radius 2 is 1.77 bits per heavy atom. The zero-order valence-electron chi connectivity index (χ0n) is 17.4. The third-order valence-corrected chi connectivity index (χ3v) is 8.21. The van der Waals surface area contributed by atoms with Crippen molar-refractivity contribution in [2.24, 2.45) is 0 Å². The van der Waals surface area contributed by atoms with Crippen LogP contribution < -0.4 is 5.32 Å². The molecule has 1 saturated heterocycles. The minimum Gasteiger partial charge on any atom is -0.357 e. The Balaban J connectivity index is 1.41. The van der Waals surface area contributed by atoms with Gasteiger partial charge in [0.05, 0.1) is 10.6 Å². The van der Waals surface area contributed by atoms with E-state index in [-0.39, 0.29) is 0 Å². The summed E-state index contributed by atoms with van der Waals surface area (Å²) in [5.74, 6) is 0. The summed E-state index contributed by atoms with van der Waals surface area (Å²) >= 11 is 1.58. The van der Waals surface area contributed by atoms with Gasteiger partial charge in [0, 0.05) is 30.6 Å². The van der Waals surface area contributed by atoms with Crippen molar-refractivity contribution in [2.75, 3.05) is 18.4 Å². The number of sulfonamides is 1. The van der Waals surface area contributed by atoms with Gasteiger partial charge in [-0.2, -0.15) is 4.31 Å². The van der Waals surface area contributed by atoms with Gasteiger partial charge in [-0.3, -0.25) is 0 Å². The highest BCUT2D eigenvalue weighted by Crippen LogP contribution is 2.28. The normalized spacial score (nSPS) is 15.3. The van der Waals surface area contributed by atoms with E-state index in [4.69, 9.17) is 4.98 Å². The van der Waals surface area contributed by atoms with E-state index in [0.717, 1.165) is 41.2 Å². The molecule has 0 bridgehead atoms. The van der Waals surface area contributed by atoms with Crippen LogP contribution in [0.5, 0.6) is 0 Å². The molecule has 7 heteroatoms. The third-order valence-electron chi connectivity index (χ3n) is 5.49. The van der Waals surface area contributed by atoms with Gasteiger partial charge in [0.1, 0.15) is 0 Å². The molecule has 0 radical (unpaired) electrons. The highest BCUT2D eigenvalue weighted by molar-refractivity contribution is 7.89. The molecule has 1 aromatic heterocycles. The Kier molecular flexibility index (Phi) is 6.22. The maximum atomic E-state index is 12.8. The summed E-state index contributed by atoms with van der Waals surface area (Å²) in [6.45, 7) is 6.03. The van der Waals surface area contributed by atoms with Gasteiger partial charge >= 0.3 is 0 Å². The molecule has 0 spiro atoms. The summed E-state index contributed by atoms with van der Waals surface area (Å²) in [5, 5.41) is 6.28. The van der Waals surface area contributed by atoms with E-state index < -0.39 is 10.0 Å². The van der Waals surface area contributed by atoms with E-state index in [9.17, 15) is 8.42 Å². The van der Waals surface area contributed by atoms with Gasteiger partial charge in [0.15, 0.2) is 5.13 Å². The second-order valence-electron chi connectivity index (χ2n) is 7.82. The van der Waals surface area contributed by atoms with Gasteiger partial charge in [0.2, 0.25) is 10.0 Å². The summed E-state index contributed by atoms with van der Waals surface area (Å²) in [6.07, 6.45) is 3.00. The van der Waals surface area contributed by atoms with Crippen molar-refractivity contribution in [2.45, 2.75) is 44.6 Å². The Morgan fingerprint density at radius 3 is 2.50 bits per heavy atom. The van der Waals surface area contributed by atoms with E-state index in [1.54, 1.807) is 27.8 Å². The Bertz CT molecular complexity index is 1120. The fraction of sp³-hybridized carbons (Fsp3) is 0.348. The predicted octanol–water partition coefficient (Wildman–Crippen LogP) is 5.21. The Labute approximate surface area is 182 Å². The molecule has 0 aliphatic carbocycles. The van der Waals surface area contributed by atoms with E-state index >= 15 is 0 Å². The molecule has 2 aromatic carbocycles. The molecule has 1 aliphatic heterocycles. The largest absolute Gasteiger partial charge is 0.357 e. The molecule has 0 amide bonds. The number of hydrogen-bond acceptors (Lipinski definition) is 5. The van der Waals surface area contributed by atoms with Crippen LogP contribution in [-0.2, 0) is 16.6 Å². The fourth-order valence-corrected chi connectivity index (χ4v) is 5.93. The van der Waals surface area contributed by atoms with Crippen molar-refractivity contribution in [3.05, 3.63) is 64.5 Å². The van der Waals surface area contributed by atoms with E-state index in [2.05, 4.69) is 42.7 Å². The van der Waals surface area contributed by atoms with Gasteiger partial charge in [-0.15, -0.1) is 11.3 Å². The maximum absolute atomic E-state index is 12.8. The molecule has 158 valence electrons. The van der Waals surface area contributed by atoms with Gasteiger partial charge < -0.3 is 5.32 Å². The number of thiazole rings is 1. The summed E-state index contributed by atoms with van der Waals surface area (Å²) in [7, 11) is -3.38. The first-order chi connectivity index (χ1) is 14.4. The lowest BCUT2D eigenvalue weighted by molar-refractivity contribution is 0.346. The van der Waals surface area contributed by atoms with Gasteiger partial charge in [-0.1, -0.05) is 36.2 Å². The summed E-state index contributed by atoms with van der Waals surface area (Å²) in [5.41, 5.74) is 5.59. The molecular weight excluding hydrogens is 414 g/mol. The van der Waals surface area contributed by atoms with E-state index in [0.29, 0.717) is 24.5 Å². The van der Waals surface area contributed by atoms with Crippen molar-refractivity contribution in [1.29, 1.82) is 0 Å². The minimum atomic E-state index is -3.38. The number of rotatable bonds is 6. The lowest BCUT2D eigenvalue weighted by Gasteiger charge is -2.25. The van der Waals surface area contributed by atoms with Crippen LogP contribution in [0, 0.1) is 13.8 Å². The number of anilines is 1. The van der Waals surface area contributed by atoms with Crippen molar-refractivity contribution < 1.29 is 8.42 Å². The molecule has 30 heavy (non-hydrogen) atoms. The molecule has 1 fully saturated rings. The smallest absolute Gasteiger partial charge is 0.243 e. The van der Waals surface area contributed by atoms with Crippen LogP contribution in [0.3, 0.4) is 0 Å². The van der Waals surface area contributed by atoms with Crippen LogP contribution in [0.4, 0.5) is 5.13 Å². The molecule has 5 nitrogen and oxygen atoms in total. The van der Waals surface area contributed by atoms with E-state index in [1.165, 1.54) is 11.1 Å². The SMILES string of the molecule is Cc1ccc(C)c(-c2csc(NCc3ccc(S(=O)(=O)N4CCCCC4)cc3)n2)c1. The number of benzene rings is 2. The highest BCUT2D eigenvalue weighted by atomic mass is 32.2. The van der Waals surface area contributed by atoms with Gasteiger partial charge in [-0.25, -0.2) is 13.4 Å². The molecule has 1 aliphatic rings. The van der Waals surface area contributed by atoms with Crippen LogP contribution >= 0.6 is 11.3 Å². The highest BCUT2D eigenvalue weighted by Gasteiger charge is 2.25. The number of nitrogens with zero attached hydrogens (tertiary/aromatic N) is 2. The molecule has 0 saturated carbocycles. The molecule has 3 aromatic rings.